The molecule has 1 fully saturated rings. The summed E-state index contributed by atoms with van der Waals surface area (Å²) in [7, 11) is 0. The van der Waals surface area contributed by atoms with E-state index in [-0.39, 0.29) is 0 Å². The van der Waals surface area contributed by atoms with Crippen molar-refractivity contribution < 1.29 is 14.4 Å². The molecule has 1 aliphatic heterocycles. The van der Waals surface area contributed by atoms with Gasteiger partial charge in [0.15, 0.2) is 0 Å². The fraction of sp³-hybridized carbons (Fsp3) is 0.571. The van der Waals surface area contributed by atoms with Crippen LogP contribution >= 0.6 is 0 Å². The highest BCUT2D eigenvalue weighted by atomic mass is 16.7. The molecule has 0 aromatic carbocycles. The van der Waals surface area contributed by atoms with Gasteiger partial charge < -0.3 is 15.1 Å². The van der Waals surface area contributed by atoms with Crippen LogP contribution < -0.4 is 10.8 Å². The van der Waals surface area contributed by atoms with Crippen LogP contribution in [0.5, 0.6) is 0 Å². The molecule has 0 atom stereocenters. The maximum atomic E-state index is 11.3. The number of urea groups is 1. The number of hydrogen-bond acceptors (Lipinski definition) is 4. The number of aliphatic imine (C=N–C) groups is 1. The van der Waals surface area contributed by atoms with Crippen LogP contribution in [0.25, 0.3) is 0 Å². The van der Waals surface area contributed by atoms with Gasteiger partial charge in [-0.15, -0.1) is 0 Å². The topological polar surface area (TPSA) is 83.0 Å². The van der Waals surface area contributed by atoms with Crippen LogP contribution in [0.3, 0.4) is 0 Å². The highest BCUT2D eigenvalue weighted by Crippen LogP contribution is 1.92. The molecule has 0 saturated carbocycles. The van der Waals surface area contributed by atoms with E-state index in [4.69, 9.17) is 0 Å². The van der Waals surface area contributed by atoms with E-state index in [2.05, 4.69) is 21.9 Å². The van der Waals surface area contributed by atoms with Gasteiger partial charge in [0, 0.05) is 26.2 Å². The molecular weight excluding hydrogens is 188 g/mol. The second-order valence-corrected chi connectivity index (χ2v) is 2.67. The van der Waals surface area contributed by atoms with Crippen molar-refractivity contribution in [3.05, 3.63) is 0 Å². The molecule has 1 rings (SSSR count). The third-order valence-electron chi connectivity index (χ3n) is 1.76. The summed E-state index contributed by atoms with van der Waals surface area (Å²) in [5.41, 5.74) is 1.98. The normalized spacial score (nSPS) is 15.9. The van der Waals surface area contributed by atoms with E-state index in [1.807, 2.05) is 5.48 Å². The minimum atomic E-state index is -0.923. The smallest absolute Gasteiger partial charge is 0.320 e. The van der Waals surface area contributed by atoms with Gasteiger partial charge in [-0.25, -0.2) is 9.59 Å². The van der Waals surface area contributed by atoms with Crippen LogP contribution in [0.2, 0.25) is 0 Å². The van der Waals surface area contributed by atoms with Crippen molar-refractivity contribution in [2.45, 2.75) is 0 Å². The van der Waals surface area contributed by atoms with E-state index >= 15 is 0 Å². The molecule has 0 aromatic rings. The zero-order valence-electron chi connectivity index (χ0n) is 7.65. The van der Waals surface area contributed by atoms with Crippen molar-refractivity contribution >= 4 is 18.8 Å². The Morgan fingerprint density at radius 3 is 2.64 bits per heavy atom. The summed E-state index contributed by atoms with van der Waals surface area (Å²) in [6.07, 6.45) is -0.923. The van der Waals surface area contributed by atoms with Gasteiger partial charge in [0.2, 0.25) is 0 Å². The molecule has 1 saturated heterocycles. The SMILES string of the molecule is C=NC(=O)ONC(=O)N1CCNCC1. The number of hydrogen-bond donors (Lipinski definition) is 2. The van der Waals surface area contributed by atoms with E-state index in [9.17, 15) is 9.59 Å². The maximum absolute atomic E-state index is 11.3. The van der Waals surface area contributed by atoms with E-state index < -0.39 is 12.1 Å². The van der Waals surface area contributed by atoms with Crippen LogP contribution in [-0.4, -0.2) is 49.9 Å². The van der Waals surface area contributed by atoms with E-state index in [1.54, 1.807) is 0 Å². The zero-order valence-corrected chi connectivity index (χ0v) is 7.65. The summed E-state index contributed by atoms with van der Waals surface area (Å²) < 4.78 is 0. The largest absolute Gasteiger partial charge is 0.457 e. The third kappa shape index (κ3) is 3.02. The van der Waals surface area contributed by atoms with Crippen LogP contribution in [0.4, 0.5) is 9.59 Å². The van der Waals surface area contributed by atoms with Gasteiger partial charge in [-0.1, -0.05) is 0 Å². The summed E-state index contributed by atoms with van der Waals surface area (Å²) in [4.78, 5) is 30.5. The van der Waals surface area contributed by atoms with E-state index in [0.29, 0.717) is 13.1 Å². The van der Waals surface area contributed by atoms with E-state index in [0.717, 1.165) is 13.1 Å². The Bertz CT molecular complexity index is 237. The first kappa shape index (κ1) is 10.5. The second-order valence-electron chi connectivity index (χ2n) is 2.67. The monoisotopic (exact) mass is 200 g/mol. The van der Waals surface area contributed by atoms with Crippen molar-refractivity contribution in [3.63, 3.8) is 0 Å². The molecule has 14 heavy (non-hydrogen) atoms. The number of carbonyl (C=O) groups is 2. The Morgan fingerprint density at radius 2 is 2.07 bits per heavy atom. The average molecular weight is 200 g/mol. The van der Waals surface area contributed by atoms with Gasteiger partial charge in [-0.3, -0.25) is 0 Å². The quantitative estimate of drug-likeness (QED) is 0.402. The molecule has 1 heterocycles. The van der Waals surface area contributed by atoms with Crippen molar-refractivity contribution in [1.29, 1.82) is 0 Å². The Balaban J connectivity index is 2.26. The predicted octanol–water partition coefficient (Wildman–Crippen LogP) is -0.647. The number of nitrogens with one attached hydrogen (secondary N) is 2. The first-order valence-electron chi connectivity index (χ1n) is 4.17. The van der Waals surface area contributed by atoms with Crippen molar-refractivity contribution in [2.24, 2.45) is 4.99 Å². The summed E-state index contributed by atoms with van der Waals surface area (Å²) in [6, 6.07) is -0.441. The first-order valence-corrected chi connectivity index (χ1v) is 4.17. The Morgan fingerprint density at radius 1 is 1.43 bits per heavy atom. The van der Waals surface area contributed by atoms with Gasteiger partial charge in [-0.2, -0.15) is 10.5 Å². The number of carbonyl (C=O) groups excluding carboxylic acids is 2. The van der Waals surface area contributed by atoms with Crippen LogP contribution in [0.15, 0.2) is 4.99 Å². The summed E-state index contributed by atoms with van der Waals surface area (Å²) in [6.45, 7) is 5.60. The molecule has 7 nitrogen and oxygen atoms in total. The lowest BCUT2D eigenvalue weighted by Crippen LogP contribution is -2.50. The van der Waals surface area contributed by atoms with Gasteiger partial charge in [-0.05, 0) is 6.72 Å². The molecule has 1 aliphatic rings. The summed E-state index contributed by atoms with van der Waals surface area (Å²) >= 11 is 0. The number of hydroxylamine groups is 1. The number of piperazine rings is 1. The molecule has 0 aliphatic carbocycles. The zero-order chi connectivity index (χ0) is 10.4. The van der Waals surface area contributed by atoms with E-state index in [1.165, 1.54) is 4.90 Å². The molecule has 0 aromatic heterocycles. The lowest BCUT2D eigenvalue weighted by molar-refractivity contribution is 0.0913. The molecule has 0 spiro atoms. The molecule has 78 valence electrons. The van der Waals surface area contributed by atoms with Crippen molar-refractivity contribution in [3.8, 4) is 0 Å². The number of nitrogens with zero attached hydrogens (tertiary/aromatic N) is 2. The lowest BCUT2D eigenvalue weighted by Gasteiger charge is -2.26. The summed E-state index contributed by atoms with van der Waals surface area (Å²) in [5.74, 6) is 0. The third-order valence-corrected chi connectivity index (χ3v) is 1.76. The van der Waals surface area contributed by atoms with Gasteiger partial charge in [0.25, 0.3) is 0 Å². The average Bonchev–Trinajstić information content (AvgIpc) is 2.26. The predicted molar refractivity (Wildman–Crippen MR) is 49.0 cm³/mol. The molecule has 0 unspecified atom stereocenters. The highest BCUT2D eigenvalue weighted by molar-refractivity contribution is 5.77. The first-order chi connectivity index (χ1) is 6.74. The van der Waals surface area contributed by atoms with Crippen molar-refractivity contribution in [1.82, 2.24) is 15.7 Å². The Labute approximate surface area is 81.1 Å². The van der Waals surface area contributed by atoms with Crippen molar-refractivity contribution in [2.75, 3.05) is 26.2 Å². The molecule has 7 heteroatoms. The molecule has 3 amide bonds. The lowest BCUT2D eigenvalue weighted by atomic mass is 10.4. The standard InChI is InChI=1S/C7H12N4O3/c1-8-7(13)14-10-6(12)11-4-2-9-3-5-11/h9H,1-5H2,(H,10,12). The van der Waals surface area contributed by atoms with Gasteiger partial charge in [0.05, 0.1) is 0 Å². The Kier molecular flexibility index (Phi) is 3.86. The fourth-order valence-electron chi connectivity index (χ4n) is 1.05. The Hall–Kier alpha value is -1.63. The molecule has 0 radical (unpaired) electrons. The number of amides is 3. The van der Waals surface area contributed by atoms with Crippen LogP contribution in [0.1, 0.15) is 0 Å². The summed E-state index contributed by atoms with van der Waals surface area (Å²) in [5, 5.41) is 3.09. The van der Waals surface area contributed by atoms with Crippen LogP contribution in [0, 0.1) is 0 Å². The van der Waals surface area contributed by atoms with Gasteiger partial charge >= 0.3 is 12.1 Å². The second kappa shape index (κ2) is 5.18. The number of rotatable bonds is 0. The molecular formula is C7H12N4O3. The molecule has 2 N–H and O–H groups in total. The minimum absolute atomic E-state index is 0.441. The minimum Gasteiger partial charge on any atom is -0.320 e. The van der Waals surface area contributed by atoms with Crippen LogP contribution in [-0.2, 0) is 4.84 Å². The van der Waals surface area contributed by atoms with Gasteiger partial charge in [0.1, 0.15) is 0 Å². The molecule has 0 bridgehead atoms. The highest BCUT2D eigenvalue weighted by Gasteiger charge is 2.16. The maximum Gasteiger partial charge on any atom is 0.457 e. The fourth-order valence-corrected chi connectivity index (χ4v) is 1.05.